The summed E-state index contributed by atoms with van der Waals surface area (Å²) in [6, 6.07) is 14.7. The van der Waals surface area contributed by atoms with Crippen LogP contribution in [0.4, 0.5) is 0 Å². The first-order chi connectivity index (χ1) is 11.1. The highest BCUT2D eigenvalue weighted by Crippen LogP contribution is 2.20. The summed E-state index contributed by atoms with van der Waals surface area (Å²) in [4.78, 5) is 12.1. The minimum atomic E-state index is -0.604. The molecule has 0 fully saturated rings. The Labute approximate surface area is 136 Å². The molecule has 1 atom stereocenters. The van der Waals surface area contributed by atoms with Gasteiger partial charge in [0.25, 0.3) is 5.91 Å². The first-order valence-corrected chi connectivity index (χ1v) is 7.33. The number of rotatable bonds is 7. The van der Waals surface area contributed by atoms with E-state index in [0.29, 0.717) is 18.0 Å². The van der Waals surface area contributed by atoms with Gasteiger partial charge in [-0.25, -0.2) is 0 Å². The molecule has 5 nitrogen and oxygen atoms in total. The van der Waals surface area contributed by atoms with Gasteiger partial charge in [-0.3, -0.25) is 4.79 Å². The topological polar surface area (TPSA) is 56.8 Å². The van der Waals surface area contributed by atoms with Crippen molar-refractivity contribution in [3.63, 3.8) is 0 Å². The summed E-state index contributed by atoms with van der Waals surface area (Å²) in [5, 5.41) is 2.85. The molecule has 0 aliphatic heterocycles. The number of methoxy groups -OCH3 is 2. The molecule has 0 aromatic heterocycles. The Kier molecular flexibility index (Phi) is 5.86. The molecule has 0 saturated heterocycles. The second kappa shape index (κ2) is 8.08. The van der Waals surface area contributed by atoms with Crippen LogP contribution in [-0.2, 0) is 11.3 Å². The average Bonchev–Trinajstić information content (AvgIpc) is 2.59. The van der Waals surface area contributed by atoms with Gasteiger partial charge in [0.1, 0.15) is 17.2 Å². The standard InChI is InChI=1S/C18H21NO4/c1-13(23-17-9-5-8-16(11-17)22-3)18(20)19-12-14-6-4-7-15(10-14)21-2/h4-11,13H,12H2,1-3H3,(H,19,20). The molecule has 122 valence electrons. The lowest BCUT2D eigenvalue weighted by Crippen LogP contribution is -2.35. The molecule has 5 heteroatoms. The van der Waals surface area contributed by atoms with Crippen molar-refractivity contribution in [1.29, 1.82) is 0 Å². The monoisotopic (exact) mass is 315 g/mol. The average molecular weight is 315 g/mol. The Morgan fingerprint density at radius 2 is 1.61 bits per heavy atom. The van der Waals surface area contributed by atoms with Crippen molar-refractivity contribution < 1.29 is 19.0 Å². The summed E-state index contributed by atoms with van der Waals surface area (Å²) in [7, 11) is 3.20. The van der Waals surface area contributed by atoms with Gasteiger partial charge in [0.2, 0.25) is 0 Å². The minimum absolute atomic E-state index is 0.185. The third-order valence-corrected chi connectivity index (χ3v) is 3.32. The van der Waals surface area contributed by atoms with Gasteiger partial charge in [0.05, 0.1) is 14.2 Å². The van der Waals surface area contributed by atoms with Crippen LogP contribution in [0.5, 0.6) is 17.2 Å². The van der Waals surface area contributed by atoms with E-state index in [1.807, 2.05) is 36.4 Å². The van der Waals surface area contributed by atoms with Gasteiger partial charge >= 0.3 is 0 Å². The van der Waals surface area contributed by atoms with Crippen molar-refractivity contribution in [2.75, 3.05) is 14.2 Å². The summed E-state index contributed by atoms with van der Waals surface area (Å²) in [5.74, 6) is 1.85. The van der Waals surface area contributed by atoms with E-state index < -0.39 is 6.10 Å². The summed E-state index contributed by atoms with van der Waals surface area (Å²) < 4.78 is 15.9. The van der Waals surface area contributed by atoms with Crippen LogP contribution < -0.4 is 19.5 Å². The van der Waals surface area contributed by atoms with Crippen LogP contribution in [0.15, 0.2) is 48.5 Å². The summed E-state index contributed by atoms with van der Waals surface area (Å²) in [6.45, 7) is 2.13. The number of amides is 1. The van der Waals surface area contributed by atoms with Crippen molar-refractivity contribution >= 4 is 5.91 Å². The van der Waals surface area contributed by atoms with Crippen molar-refractivity contribution in [2.24, 2.45) is 0 Å². The maximum atomic E-state index is 12.1. The fourth-order valence-electron chi connectivity index (χ4n) is 2.05. The number of hydrogen-bond donors (Lipinski definition) is 1. The highest BCUT2D eigenvalue weighted by molar-refractivity contribution is 5.80. The third kappa shape index (κ3) is 4.92. The van der Waals surface area contributed by atoms with Crippen molar-refractivity contribution in [3.8, 4) is 17.2 Å². The van der Waals surface area contributed by atoms with Crippen LogP contribution >= 0.6 is 0 Å². The Hall–Kier alpha value is -2.69. The zero-order chi connectivity index (χ0) is 16.7. The zero-order valence-corrected chi connectivity index (χ0v) is 13.5. The molecule has 2 rings (SSSR count). The second-order valence-corrected chi connectivity index (χ2v) is 5.01. The van der Waals surface area contributed by atoms with Crippen LogP contribution in [-0.4, -0.2) is 26.2 Å². The Morgan fingerprint density at radius 1 is 1.00 bits per heavy atom. The smallest absolute Gasteiger partial charge is 0.261 e. The van der Waals surface area contributed by atoms with Gasteiger partial charge in [0, 0.05) is 12.6 Å². The van der Waals surface area contributed by atoms with Crippen LogP contribution in [0.3, 0.4) is 0 Å². The molecular formula is C18H21NO4. The van der Waals surface area contributed by atoms with Crippen LogP contribution in [0.2, 0.25) is 0 Å². The van der Waals surface area contributed by atoms with Gasteiger partial charge in [-0.05, 0) is 36.8 Å². The first kappa shape index (κ1) is 16.7. The van der Waals surface area contributed by atoms with E-state index in [1.165, 1.54) is 0 Å². The van der Waals surface area contributed by atoms with Crippen LogP contribution in [0.1, 0.15) is 12.5 Å². The molecule has 0 aliphatic rings. The molecule has 1 unspecified atom stereocenters. The van der Waals surface area contributed by atoms with Gasteiger partial charge in [0.15, 0.2) is 6.10 Å². The molecular weight excluding hydrogens is 294 g/mol. The Balaban J connectivity index is 1.89. The number of benzene rings is 2. The van der Waals surface area contributed by atoms with Gasteiger partial charge < -0.3 is 19.5 Å². The molecule has 0 saturated carbocycles. The maximum absolute atomic E-state index is 12.1. The fourth-order valence-corrected chi connectivity index (χ4v) is 2.05. The van der Waals surface area contributed by atoms with E-state index in [9.17, 15) is 4.79 Å². The van der Waals surface area contributed by atoms with Crippen molar-refractivity contribution in [3.05, 3.63) is 54.1 Å². The van der Waals surface area contributed by atoms with Gasteiger partial charge in [-0.15, -0.1) is 0 Å². The van der Waals surface area contributed by atoms with Gasteiger partial charge in [-0.1, -0.05) is 18.2 Å². The lowest BCUT2D eigenvalue weighted by molar-refractivity contribution is -0.127. The highest BCUT2D eigenvalue weighted by atomic mass is 16.5. The van der Waals surface area contributed by atoms with E-state index >= 15 is 0 Å². The van der Waals surface area contributed by atoms with E-state index in [1.54, 1.807) is 33.3 Å². The van der Waals surface area contributed by atoms with E-state index in [2.05, 4.69) is 5.32 Å². The molecule has 1 N–H and O–H groups in total. The SMILES string of the molecule is COc1cccc(CNC(=O)C(C)Oc2cccc(OC)c2)c1. The number of carbonyl (C=O) groups excluding carboxylic acids is 1. The largest absolute Gasteiger partial charge is 0.497 e. The molecule has 0 heterocycles. The Bertz CT molecular complexity index is 657. The molecule has 1 amide bonds. The molecule has 2 aromatic rings. The summed E-state index contributed by atoms with van der Waals surface area (Å²) in [6.07, 6.45) is -0.604. The maximum Gasteiger partial charge on any atom is 0.261 e. The molecule has 2 aromatic carbocycles. The van der Waals surface area contributed by atoms with Gasteiger partial charge in [-0.2, -0.15) is 0 Å². The quantitative estimate of drug-likeness (QED) is 0.853. The third-order valence-electron chi connectivity index (χ3n) is 3.32. The van der Waals surface area contributed by atoms with Crippen LogP contribution in [0, 0.1) is 0 Å². The van der Waals surface area contributed by atoms with Crippen molar-refractivity contribution in [1.82, 2.24) is 5.32 Å². The normalized spacial score (nSPS) is 11.4. The minimum Gasteiger partial charge on any atom is -0.497 e. The molecule has 0 aliphatic carbocycles. The molecule has 23 heavy (non-hydrogen) atoms. The second-order valence-electron chi connectivity index (χ2n) is 5.01. The van der Waals surface area contributed by atoms with E-state index in [0.717, 1.165) is 11.3 Å². The Morgan fingerprint density at radius 3 is 2.30 bits per heavy atom. The molecule has 0 bridgehead atoms. The molecule has 0 spiro atoms. The summed E-state index contributed by atoms with van der Waals surface area (Å²) >= 11 is 0. The van der Waals surface area contributed by atoms with E-state index in [4.69, 9.17) is 14.2 Å². The number of ether oxygens (including phenoxy) is 3. The van der Waals surface area contributed by atoms with E-state index in [-0.39, 0.29) is 5.91 Å². The first-order valence-electron chi connectivity index (χ1n) is 7.33. The zero-order valence-electron chi connectivity index (χ0n) is 13.5. The predicted molar refractivity (Wildman–Crippen MR) is 87.9 cm³/mol. The number of carbonyl (C=O) groups is 1. The number of nitrogens with one attached hydrogen (secondary N) is 1. The summed E-state index contributed by atoms with van der Waals surface area (Å²) in [5.41, 5.74) is 0.964. The van der Waals surface area contributed by atoms with Crippen LogP contribution in [0.25, 0.3) is 0 Å². The fraction of sp³-hybridized carbons (Fsp3) is 0.278. The predicted octanol–water partition coefficient (Wildman–Crippen LogP) is 2.79. The highest BCUT2D eigenvalue weighted by Gasteiger charge is 2.14. The molecule has 0 radical (unpaired) electrons. The number of hydrogen-bond acceptors (Lipinski definition) is 4. The lowest BCUT2D eigenvalue weighted by Gasteiger charge is -2.15. The lowest BCUT2D eigenvalue weighted by atomic mass is 10.2. The van der Waals surface area contributed by atoms with Crippen molar-refractivity contribution in [2.45, 2.75) is 19.6 Å².